The molecule has 2 aromatic rings. The highest BCUT2D eigenvalue weighted by Crippen LogP contribution is 2.31. The van der Waals surface area contributed by atoms with Gasteiger partial charge in [-0.25, -0.2) is 4.39 Å². The minimum Gasteiger partial charge on any atom is -0.497 e. The van der Waals surface area contributed by atoms with Crippen LogP contribution in [0, 0.1) is 5.82 Å². The van der Waals surface area contributed by atoms with Crippen LogP contribution >= 0.6 is 0 Å². The Labute approximate surface area is 163 Å². The molecule has 1 fully saturated rings. The van der Waals surface area contributed by atoms with E-state index in [4.69, 9.17) is 4.74 Å². The lowest BCUT2D eigenvalue weighted by Crippen LogP contribution is -2.44. The van der Waals surface area contributed by atoms with E-state index in [1.165, 1.54) is 13.2 Å². The van der Waals surface area contributed by atoms with Crippen molar-refractivity contribution >= 4 is 11.8 Å². The first-order valence-electron chi connectivity index (χ1n) is 9.29. The highest BCUT2D eigenvalue weighted by molar-refractivity contribution is 5.80. The van der Waals surface area contributed by atoms with Gasteiger partial charge < -0.3 is 15.4 Å². The summed E-state index contributed by atoms with van der Waals surface area (Å²) in [5.41, 5.74) is 0.855. The average Bonchev–Trinajstić information content (AvgIpc) is 3.08. The smallest absolute Gasteiger partial charge is 0.220 e. The molecule has 7 heteroatoms. The first-order chi connectivity index (χ1) is 13.5. The van der Waals surface area contributed by atoms with Crippen molar-refractivity contribution in [3.63, 3.8) is 0 Å². The number of rotatable bonds is 8. The lowest BCUT2D eigenvalue weighted by molar-refractivity contribution is -0.122. The predicted octanol–water partition coefficient (Wildman–Crippen LogP) is 2.52. The Balaban J connectivity index is 1.62. The van der Waals surface area contributed by atoms with Gasteiger partial charge in [0.15, 0.2) is 0 Å². The molecule has 0 bridgehead atoms. The van der Waals surface area contributed by atoms with Gasteiger partial charge in [0.2, 0.25) is 11.8 Å². The summed E-state index contributed by atoms with van der Waals surface area (Å²) in [6, 6.07) is 8.38. The fraction of sp³-hybridized carbons (Fsp3) is 0.381. The highest BCUT2D eigenvalue weighted by Gasteiger charge is 2.38. The Morgan fingerprint density at radius 2 is 2.11 bits per heavy atom. The van der Waals surface area contributed by atoms with Gasteiger partial charge >= 0.3 is 0 Å². The molecule has 0 aliphatic carbocycles. The third-order valence-corrected chi connectivity index (χ3v) is 5.09. The van der Waals surface area contributed by atoms with Gasteiger partial charge in [-0.2, -0.15) is 0 Å². The summed E-state index contributed by atoms with van der Waals surface area (Å²) in [5.74, 6) is -0.0955. The van der Waals surface area contributed by atoms with Crippen LogP contribution in [0.3, 0.4) is 0 Å². The van der Waals surface area contributed by atoms with E-state index in [1.54, 1.807) is 24.5 Å². The van der Waals surface area contributed by atoms with Crippen molar-refractivity contribution in [3.8, 4) is 5.75 Å². The summed E-state index contributed by atoms with van der Waals surface area (Å²) in [6.07, 6.45) is 5.36. The quantitative estimate of drug-likeness (QED) is 0.732. The van der Waals surface area contributed by atoms with Gasteiger partial charge in [0.25, 0.3) is 0 Å². The van der Waals surface area contributed by atoms with E-state index < -0.39 is 5.54 Å². The molecular formula is C21H24FN3O3. The number of methoxy groups -OCH3 is 1. The second-order valence-electron chi connectivity index (χ2n) is 7.09. The van der Waals surface area contributed by atoms with Crippen LogP contribution in [-0.2, 0) is 22.6 Å². The number of amides is 2. The minimum absolute atomic E-state index is 0.0638. The Hall–Kier alpha value is -2.96. The van der Waals surface area contributed by atoms with Crippen LogP contribution in [0.5, 0.6) is 5.75 Å². The molecule has 3 rings (SSSR count). The minimum atomic E-state index is -0.611. The van der Waals surface area contributed by atoms with E-state index in [-0.39, 0.29) is 24.1 Å². The molecule has 1 aliphatic heterocycles. The van der Waals surface area contributed by atoms with E-state index in [2.05, 4.69) is 15.6 Å². The standard InChI is InChI=1S/C21H24FN3O3/c1-28-17-3-2-16(18(22)12-17)13-21(9-5-20(27)25-21)8-4-19(26)24-14-15-6-10-23-11-7-15/h2-3,6-7,10-12H,4-5,8-9,13-14H2,1H3,(H,24,26)(H,25,27). The summed E-state index contributed by atoms with van der Waals surface area (Å²) < 4.78 is 19.4. The zero-order valence-electron chi connectivity index (χ0n) is 15.8. The number of hydrogen-bond donors (Lipinski definition) is 2. The van der Waals surface area contributed by atoms with Gasteiger partial charge in [0.1, 0.15) is 11.6 Å². The number of benzene rings is 1. The topological polar surface area (TPSA) is 80.3 Å². The van der Waals surface area contributed by atoms with E-state index in [0.717, 1.165) is 5.56 Å². The van der Waals surface area contributed by atoms with Gasteiger partial charge in [-0.15, -0.1) is 0 Å². The lowest BCUT2D eigenvalue weighted by Gasteiger charge is -2.29. The molecule has 1 aliphatic rings. The van der Waals surface area contributed by atoms with Crippen LogP contribution in [0.2, 0.25) is 0 Å². The molecular weight excluding hydrogens is 361 g/mol. The molecule has 2 N–H and O–H groups in total. The van der Waals surface area contributed by atoms with Crippen LogP contribution < -0.4 is 15.4 Å². The van der Waals surface area contributed by atoms with Crippen LogP contribution in [0.4, 0.5) is 4.39 Å². The summed E-state index contributed by atoms with van der Waals surface area (Å²) in [5, 5.41) is 5.85. The number of pyridine rings is 1. The van der Waals surface area contributed by atoms with Crippen LogP contribution in [0.25, 0.3) is 0 Å². The third-order valence-electron chi connectivity index (χ3n) is 5.09. The zero-order valence-corrected chi connectivity index (χ0v) is 15.8. The largest absolute Gasteiger partial charge is 0.497 e. The van der Waals surface area contributed by atoms with Crippen molar-refractivity contribution in [1.29, 1.82) is 0 Å². The number of carbonyl (C=O) groups excluding carboxylic acids is 2. The number of halogens is 1. The fourth-order valence-electron chi connectivity index (χ4n) is 3.49. The second kappa shape index (κ2) is 8.82. The number of nitrogens with one attached hydrogen (secondary N) is 2. The lowest BCUT2D eigenvalue weighted by atomic mass is 9.84. The Bertz CT molecular complexity index is 844. The molecule has 1 saturated heterocycles. The number of nitrogens with zero attached hydrogens (tertiary/aromatic N) is 1. The number of aromatic nitrogens is 1. The Morgan fingerprint density at radius 1 is 1.32 bits per heavy atom. The van der Waals surface area contributed by atoms with Crippen LogP contribution in [0.1, 0.15) is 36.8 Å². The number of hydrogen-bond acceptors (Lipinski definition) is 4. The molecule has 1 aromatic carbocycles. The molecule has 28 heavy (non-hydrogen) atoms. The van der Waals surface area contributed by atoms with E-state index in [9.17, 15) is 14.0 Å². The zero-order chi connectivity index (χ0) is 20.0. The fourth-order valence-corrected chi connectivity index (χ4v) is 3.49. The van der Waals surface area contributed by atoms with Crippen molar-refractivity contribution in [1.82, 2.24) is 15.6 Å². The molecule has 2 amide bonds. The SMILES string of the molecule is COc1ccc(CC2(CCC(=O)NCc3ccncc3)CCC(=O)N2)c(F)c1. The summed E-state index contributed by atoms with van der Waals surface area (Å²) >= 11 is 0. The Kier molecular flexibility index (Phi) is 6.23. The normalized spacial score (nSPS) is 18.6. The molecule has 6 nitrogen and oxygen atoms in total. The maximum Gasteiger partial charge on any atom is 0.220 e. The predicted molar refractivity (Wildman–Crippen MR) is 102 cm³/mol. The van der Waals surface area contributed by atoms with Gasteiger partial charge in [0.05, 0.1) is 7.11 Å². The summed E-state index contributed by atoms with van der Waals surface area (Å²) in [7, 11) is 1.48. The van der Waals surface area contributed by atoms with E-state index in [1.807, 2.05) is 12.1 Å². The maximum absolute atomic E-state index is 14.4. The van der Waals surface area contributed by atoms with Gasteiger partial charge in [-0.1, -0.05) is 6.07 Å². The first-order valence-corrected chi connectivity index (χ1v) is 9.29. The Morgan fingerprint density at radius 3 is 2.75 bits per heavy atom. The highest BCUT2D eigenvalue weighted by atomic mass is 19.1. The monoisotopic (exact) mass is 385 g/mol. The maximum atomic E-state index is 14.4. The third kappa shape index (κ3) is 5.06. The van der Waals surface area contributed by atoms with Crippen molar-refractivity contribution in [2.24, 2.45) is 0 Å². The van der Waals surface area contributed by atoms with Crippen LogP contribution in [-0.4, -0.2) is 29.4 Å². The van der Waals surface area contributed by atoms with Crippen molar-refractivity contribution in [2.75, 3.05) is 7.11 Å². The molecule has 1 atom stereocenters. The molecule has 1 unspecified atom stereocenters. The van der Waals surface area contributed by atoms with Gasteiger partial charge in [0, 0.05) is 43.4 Å². The molecule has 2 heterocycles. The first kappa shape index (κ1) is 19.8. The van der Waals surface area contributed by atoms with Crippen molar-refractivity contribution < 1.29 is 18.7 Å². The summed E-state index contributed by atoms with van der Waals surface area (Å²) in [6.45, 7) is 0.424. The van der Waals surface area contributed by atoms with E-state index in [0.29, 0.717) is 43.5 Å². The molecule has 1 aromatic heterocycles. The average molecular weight is 385 g/mol. The van der Waals surface area contributed by atoms with E-state index >= 15 is 0 Å². The van der Waals surface area contributed by atoms with Crippen molar-refractivity contribution in [3.05, 3.63) is 59.7 Å². The number of carbonyl (C=O) groups is 2. The molecule has 0 saturated carbocycles. The van der Waals surface area contributed by atoms with Crippen LogP contribution in [0.15, 0.2) is 42.7 Å². The molecule has 0 spiro atoms. The van der Waals surface area contributed by atoms with Crippen molar-refractivity contribution in [2.45, 2.75) is 44.2 Å². The number of ether oxygens (including phenoxy) is 1. The van der Waals surface area contributed by atoms with Gasteiger partial charge in [-0.3, -0.25) is 14.6 Å². The molecule has 0 radical (unpaired) electrons. The van der Waals surface area contributed by atoms with Gasteiger partial charge in [-0.05, 0) is 48.6 Å². The second-order valence-corrected chi connectivity index (χ2v) is 7.09. The molecule has 148 valence electrons. The summed E-state index contributed by atoms with van der Waals surface area (Å²) in [4.78, 5) is 28.1.